The van der Waals surface area contributed by atoms with Crippen LogP contribution >= 0.6 is 0 Å². The fraction of sp³-hybridized carbons (Fsp3) is 0.579. The Balaban J connectivity index is 1.47. The van der Waals surface area contributed by atoms with Crippen molar-refractivity contribution in [1.82, 2.24) is 14.9 Å². The van der Waals surface area contributed by atoms with Gasteiger partial charge in [-0.2, -0.15) is 0 Å². The van der Waals surface area contributed by atoms with Gasteiger partial charge in [-0.1, -0.05) is 31.4 Å². The highest BCUT2D eigenvalue weighted by Crippen LogP contribution is 2.26. The van der Waals surface area contributed by atoms with Crippen molar-refractivity contribution in [3.63, 3.8) is 0 Å². The van der Waals surface area contributed by atoms with E-state index in [2.05, 4.69) is 20.2 Å². The van der Waals surface area contributed by atoms with Crippen molar-refractivity contribution in [2.75, 3.05) is 18.4 Å². The smallest absolute Gasteiger partial charge is 0.260 e. The molecule has 1 saturated carbocycles. The van der Waals surface area contributed by atoms with Crippen LogP contribution in [-0.2, 0) is 0 Å². The molecular formula is C19H26N4O. The molecule has 128 valence electrons. The molecule has 2 aliphatic rings. The maximum Gasteiger partial charge on any atom is 0.260 e. The van der Waals surface area contributed by atoms with E-state index in [4.69, 9.17) is 0 Å². The van der Waals surface area contributed by atoms with Crippen LogP contribution in [0.15, 0.2) is 29.1 Å². The van der Waals surface area contributed by atoms with Crippen molar-refractivity contribution in [2.24, 2.45) is 0 Å². The lowest BCUT2D eigenvalue weighted by atomic mass is 9.92. The van der Waals surface area contributed by atoms with Crippen LogP contribution in [0.5, 0.6) is 0 Å². The van der Waals surface area contributed by atoms with Crippen molar-refractivity contribution < 1.29 is 0 Å². The molecule has 2 fully saturated rings. The van der Waals surface area contributed by atoms with E-state index in [0.29, 0.717) is 17.4 Å². The number of para-hydroxylation sites is 1. The lowest BCUT2D eigenvalue weighted by Crippen LogP contribution is -2.48. The first kappa shape index (κ1) is 15.6. The summed E-state index contributed by atoms with van der Waals surface area (Å²) in [4.78, 5) is 22.3. The second-order valence-corrected chi connectivity index (χ2v) is 7.20. The number of hydrogen-bond donors (Lipinski definition) is 2. The molecule has 5 heteroatoms. The van der Waals surface area contributed by atoms with Gasteiger partial charge in [-0.15, -0.1) is 0 Å². The maximum absolute atomic E-state index is 12.2. The van der Waals surface area contributed by atoms with Gasteiger partial charge in [0.05, 0.1) is 10.9 Å². The molecule has 0 spiro atoms. The number of rotatable bonds is 3. The number of H-pyrrole nitrogens is 1. The number of hydrogen-bond acceptors (Lipinski definition) is 4. The van der Waals surface area contributed by atoms with Crippen LogP contribution in [0.4, 0.5) is 5.95 Å². The van der Waals surface area contributed by atoms with Gasteiger partial charge in [0.2, 0.25) is 5.95 Å². The fourth-order valence-corrected chi connectivity index (χ4v) is 4.25. The summed E-state index contributed by atoms with van der Waals surface area (Å²) in [5.74, 6) is 0.606. The van der Waals surface area contributed by atoms with Crippen LogP contribution in [0.25, 0.3) is 10.9 Å². The molecule has 1 aliphatic carbocycles. The molecule has 1 atom stereocenters. The predicted molar refractivity (Wildman–Crippen MR) is 97.5 cm³/mol. The summed E-state index contributed by atoms with van der Waals surface area (Å²) in [6.45, 7) is 2.27. The van der Waals surface area contributed by atoms with Crippen molar-refractivity contribution in [2.45, 2.75) is 57.0 Å². The van der Waals surface area contributed by atoms with Gasteiger partial charge < -0.3 is 5.32 Å². The number of piperidine rings is 1. The zero-order valence-electron chi connectivity index (χ0n) is 14.1. The first-order valence-corrected chi connectivity index (χ1v) is 9.29. The van der Waals surface area contributed by atoms with Gasteiger partial charge in [0, 0.05) is 18.6 Å². The van der Waals surface area contributed by atoms with Crippen molar-refractivity contribution >= 4 is 16.9 Å². The molecule has 24 heavy (non-hydrogen) atoms. The first-order chi connectivity index (χ1) is 11.8. The average Bonchev–Trinajstić information content (AvgIpc) is 2.63. The molecule has 2 heterocycles. The minimum Gasteiger partial charge on any atom is -0.352 e. The molecule has 5 nitrogen and oxygen atoms in total. The van der Waals surface area contributed by atoms with Gasteiger partial charge in [0.15, 0.2) is 0 Å². The third-order valence-corrected chi connectivity index (χ3v) is 5.50. The number of anilines is 1. The van der Waals surface area contributed by atoms with E-state index in [-0.39, 0.29) is 5.56 Å². The Hall–Kier alpha value is -1.88. The molecule has 4 rings (SSSR count). The van der Waals surface area contributed by atoms with E-state index in [1.54, 1.807) is 0 Å². The van der Waals surface area contributed by atoms with Crippen molar-refractivity contribution in [3.05, 3.63) is 34.6 Å². The van der Waals surface area contributed by atoms with Crippen LogP contribution in [0.1, 0.15) is 44.9 Å². The number of benzene rings is 1. The highest BCUT2D eigenvalue weighted by atomic mass is 16.1. The minimum absolute atomic E-state index is 0.0666. The van der Waals surface area contributed by atoms with Crippen LogP contribution in [0, 0.1) is 0 Å². The SMILES string of the molecule is O=c1[nH]c(NC2CCCN(C3CCCCC3)C2)nc2ccccc12. The van der Waals surface area contributed by atoms with E-state index in [1.807, 2.05) is 24.3 Å². The average molecular weight is 326 g/mol. The van der Waals surface area contributed by atoms with Gasteiger partial charge in [-0.25, -0.2) is 4.98 Å². The highest BCUT2D eigenvalue weighted by Gasteiger charge is 2.27. The largest absolute Gasteiger partial charge is 0.352 e. The molecule has 0 bridgehead atoms. The zero-order chi connectivity index (χ0) is 16.4. The summed E-state index contributed by atoms with van der Waals surface area (Å²) < 4.78 is 0. The van der Waals surface area contributed by atoms with Crippen LogP contribution in [-0.4, -0.2) is 40.0 Å². The fourth-order valence-electron chi connectivity index (χ4n) is 4.25. The van der Waals surface area contributed by atoms with Gasteiger partial charge in [-0.3, -0.25) is 14.7 Å². The highest BCUT2D eigenvalue weighted by molar-refractivity contribution is 5.78. The Bertz CT molecular complexity index is 750. The lowest BCUT2D eigenvalue weighted by molar-refractivity contribution is 0.124. The van der Waals surface area contributed by atoms with Crippen molar-refractivity contribution in [3.8, 4) is 0 Å². The molecule has 1 aromatic heterocycles. The molecule has 2 aromatic rings. The summed E-state index contributed by atoms with van der Waals surface area (Å²) in [6, 6.07) is 8.62. The second kappa shape index (κ2) is 6.93. The Morgan fingerprint density at radius 1 is 1.08 bits per heavy atom. The summed E-state index contributed by atoms with van der Waals surface area (Å²) in [6.07, 6.45) is 9.19. The van der Waals surface area contributed by atoms with E-state index in [9.17, 15) is 4.79 Å². The quantitative estimate of drug-likeness (QED) is 0.910. The Morgan fingerprint density at radius 3 is 2.79 bits per heavy atom. The Kier molecular flexibility index (Phi) is 4.52. The van der Waals surface area contributed by atoms with E-state index < -0.39 is 0 Å². The maximum atomic E-state index is 12.2. The number of aromatic amines is 1. The van der Waals surface area contributed by atoms with E-state index >= 15 is 0 Å². The second-order valence-electron chi connectivity index (χ2n) is 7.20. The van der Waals surface area contributed by atoms with Gasteiger partial charge >= 0.3 is 0 Å². The first-order valence-electron chi connectivity index (χ1n) is 9.29. The number of nitrogens with zero attached hydrogens (tertiary/aromatic N) is 2. The van der Waals surface area contributed by atoms with Gasteiger partial charge in [0.25, 0.3) is 5.56 Å². The van der Waals surface area contributed by atoms with Gasteiger partial charge in [-0.05, 0) is 44.4 Å². The van der Waals surface area contributed by atoms with Crippen LogP contribution in [0.3, 0.4) is 0 Å². The van der Waals surface area contributed by atoms with Crippen molar-refractivity contribution in [1.29, 1.82) is 0 Å². The van der Waals surface area contributed by atoms with E-state index in [0.717, 1.165) is 24.5 Å². The molecule has 1 aromatic carbocycles. The number of aromatic nitrogens is 2. The minimum atomic E-state index is -0.0666. The molecule has 0 radical (unpaired) electrons. The normalized spacial score (nSPS) is 23.4. The number of nitrogens with one attached hydrogen (secondary N) is 2. The molecule has 1 unspecified atom stereocenters. The number of fused-ring (bicyclic) bond motifs is 1. The van der Waals surface area contributed by atoms with Gasteiger partial charge in [0.1, 0.15) is 0 Å². The lowest BCUT2D eigenvalue weighted by Gasteiger charge is -2.40. The standard InChI is InChI=1S/C19H26N4O/c24-18-16-10-4-5-11-17(16)21-19(22-18)20-14-7-6-12-23(13-14)15-8-2-1-3-9-15/h4-5,10-11,14-15H,1-3,6-9,12-13H2,(H2,20,21,22,24). The summed E-state index contributed by atoms with van der Waals surface area (Å²) in [7, 11) is 0. The summed E-state index contributed by atoms with van der Waals surface area (Å²) >= 11 is 0. The van der Waals surface area contributed by atoms with E-state index in [1.165, 1.54) is 45.1 Å². The summed E-state index contributed by atoms with van der Waals surface area (Å²) in [5, 5.41) is 4.12. The van der Waals surface area contributed by atoms with Crippen LogP contribution in [0.2, 0.25) is 0 Å². The molecular weight excluding hydrogens is 300 g/mol. The molecule has 2 N–H and O–H groups in total. The Morgan fingerprint density at radius 2 is 1.92 bits per heavy atom. The Labute approximate surface area is 142 Å². The summed E-state index contributed by atoms with van der Waals surface area (Å²) in [5.41, 5.74) is 0.687. The predicted octanol–water partition coefficient (Wildman–Crippen LogP) is 3.13. The zero-order valence-corrected chi connectivity index (χ0v) is 14.1. The topological polar surface area (TPSA) is 61.0 Å². The molecule has 0 amide bonds. The monoisotopic (exact) mass is 326 g/mol. The third-order valence-electron chi connectivity index (χ3n) is 5.50. The number of likely N-dealkylation sites (tertiary alicyclic amines) is 1. The molecule has 1 aliphatic heterocycles. The van der Waals surface area contributed by atoms with Crippen LogP contribution < -0.4 is 10.9 Å². The third kappa shape index (κ3) is 3.31. The molecule has 1 saturated heterocycles.